The predicted molar refractivity (Wildman–Crippen MR) is 76.4 cm³/mol. The van der Waals surface area contributed by atoms with Gasteiger partial charge in [-0.3, -0.25) is 4.79 Å². The van der Waals surface area contributed by atoms with Crippen LogP contribution in [-0.2, 0) is 9.53 Å². The van der Waals surface area contributed by atoms with E-state index in [-0.39, 0.29) is 12.5 Å². The molecule has 19 heavy (non-hydrogen) atoms. The van der Waals surface area contributed by atoms with Crippen LogP contribution >= 0.6 is 0 Å². The molecule has 1 amide bonds. The van der Waals surface area contributed by atoms with Crippen LogP contribution in [0.1, 0.15) is 12.8 Å². The number of hydrogen-bond acceptors (Lipinski definition) is 4. The Labute approximate surface area is 113 Å². The van der Waals surface area contributed by atoms with Crippen LogP contribution < -0.4 is 16.0 Å². The van der Waals surface area contributed by atoms with Crippen LogP contribution in [0.25, 0.3) is 0 Å². The highest BCUT2D eigenvalue weighted by molar-refractivity contribution is 5.95. The molecule has 0 radical (unpaired) electrons. The average Bonchev–Trinajstić information content (AvgIpc) is 2.93. The standard InChI is InChI=1S/C14H21N3O2/c15-7-10-19-11-14(18)16-12-5-1-2-6-13(12)17-8-3-4-9-17/h1-2,5-6H,3-4,7-11,15H2,(H,16,18). The van der Waals surface area contributed by atoms with E-state index in [2.05, 4.69) is 10.2 Å². The molecule has 104 valence electrons. The van der Waals surface area contributed by atoms with Gasteiger partial charge < -0.3 is 20.7 Å². The first-order valence-corrected chi connectivity index (χ1v) is 6.73. The summed E-state index contributed by atoms with van der Waals surface area (Å²) in [6, 6.07) is 7.89. The monoisotopic (exact) mass is 263 g/mol. The minimum atomic E-state index is -0.139. The summed E-state index contributed by atoms with van der Waals surface area (Å²) in [5, 5.41) is 2.90. The molecule has 1 aromatic rings. The highest BCUT2D eigenvalue weighted by Crippen LogP contribution is 2.28. The number of nitrogens with two attached hydrogens (primary N) is 1. The molecule has 1 saturated heterocycles. The molecule has 2 rings (SSSR count). The molecule has 3 N–H and O–H groups in total. The molecule has 5 heteroatoms. The number of nitrogens with one attached hydrogen (secondary N) is 1. The van der Waals surface area contributed by atoms with Crippen LogP contribution in [-0.4, -0.2) is 38.8 Å². The van der Waals surface area contributed by atoms with Gasteiger partial charge >= 0.3 is 0 Å². The summed E-state index contributed by atoms with van der Waals surface area (Å²) in [4.78, 5) is 14.1. The molecular formula is C14H21N3O2. The Balaban J connectivity index is 1.97. The lowest BCUT2D eigenvalue weighted by molar-refractivity contribution is -0.120. The molecule has 1 heterocycles. The minimum absolute atomic E-state index is 0.0472. The van der Waals surface area contributed by atoms with Gasteiger partial charge in [-0.15, -0.1) is 0 Å². The van der Waals surface area contributed by atoms with E-state index in [1.165, 1.54) is 12.8 Å². The number of amides is 1. The minimum Gasteiger partial charge on any atom is -0.370 e. The molecule has 1 aliphatic heterocycles. The van der Waals surface area contributed by atoms with Crippen LogP contribution in [0, 0.1) is 0 Å². The van der Waals surface area contributed by atoms with Gasteiger partial charge in [-0.05, 0) is 25.0 Å². The SMILES string of the molecule is NCCOCC(=O)Nc1ccccc1N1CCCC1. The van der Waals surface area contributed by atoms with E-state index >= 15 is 0 Å². The van der Waals surface area contributed by atoms with Crippen molar-refractivity contribution in [3.63, 3.8) is 0 Å². The van der Waals surface area contributed by atoms with Gasteiger partial charge in [-0.25, -0.2) is 0 Å². The fraction of sp³-hybridized carbons (Fsp3) is 0.500. The van der Waals surface area contributed by atoms with E-state index in [0.29, 0.717) is 13.2 Å². The van der Waals surface area contributed by atoms with Crippen molar-refractivity contribution in [3.05, 3.63) is 24.3 Å². The fourth-order valence-electron chi connectivity index (χ4n) is 2.25. The molecule has 0 unspecified atom stereocenters. The van der Waals surface area contributed by atoms with Crippen molar-refractivity contribution < 1.29 is 9.53 Å². The topological polar surface area (TPSA) is 67.6 Å². The Hall–Kier alpha value is -1.59. The summed E-state index contributed by atoms with van der Waals surface area (Å²) >= 11 is 0. The van der Waals surface area contributed by atoms with Crippen LogP contribution in [0.3, 0.4) is 0 Å². The smallest absolute Gasteiger partial charge is 0.250 e. The highest BCUT2D eigenvalue weighted by Gasteiger charge is 2.16. The van der Waals surface area contributed by atoms with Gasteiger partial charge in [-0.2, -0.15) is 0 Å². The van der Waals surface area contributed by atoms with Crippen LogP contribution in [0.15, 0.2) is 24.3 Å². The Morgan fingerprint density at radius 3 is 2.79 bits per heavy atom. The molecule has 0 bridgehead atoms. The lowest BCUT2D eigenvalue weighted by Crippen LogP contribution is -2.24. The molecular weight excluding hydrogens is 242 g/mol. The van der Waals surface area contributed by atoms with E-state index in [1.54, 1.807) is 0 Å². The van der Waals surface area contributed by atoms with Gasteiger partial charge in [0.05, 0.1) is 18.0 Å². The van der Waals surface area contributed by atoms with E-state index in [9.17, 15) is 4.79 Å². The molecule has 0 aliphatic carbocycles. The number of para-hydroxylation sites is 2. The van der Waals surface area contributed by atoms with Gasteiger partial charge in [0.15, 0.2) is 0 Å². The zero-order chi connectivity index (χ0) is 13.5. The van der Waals surface area contributed by atoms with Gasteiger partial charge in [0.1, 0.15) is 6.61 Å². The molecule has 0 spiro atoms. The third kappa shape index (κ3) is 3.94. The Morgan fingerprint density at radius 1 is 1.32 bits per heavy atom. The number of nitrogens with zero attached hydrogens (tertiary/aromatic N) is 1. The summed E-state index contributed by atoms with van der Waals surface area (Å²) in [6.07, 6.45) is 2.42. The van der Waals surface area contributed by atoms with Crippen LogP contribution in [0.2, 0.25) is 0 Å². The second-order valence-electron chi connectivity index (χ2n) is 4.60. The number of benzene rings is 1. The number of carbonyl (C=O) groups excluding carboxylic acids is 1. The van der Waals surface area contributed by atoms with Crippen molar-refractivity contribution in [2.24, 2.45) is 5.73 Å². The zero-order valence-corrected chi connectivity index (χ0v) is 11.1. The van der Waals surface area contributed by atoms with Gasteiger partial charge in [0.2, 0.25) is 5.91 Å². The zero-order valence-electron chi connectivity index (χ0n) is 11.1. The number of carbonyl (C=O) groups is 1. The third-order valence-electron chi connectivity index (χ3n) is 3.12. The van der Waals surface area contributed by atoms with Crippen molar-refractivity contribution in [2.45, 2.75) is 12.8 Å². The second-order valence-corrected chi connectivity index (χ2v) is 4.60. The number of anilines is 2. The molecule has 0 atom stereocenters. The lowest BCUT2D eigenvalue weighted by Gasteiger charge is -2.21. The van der Waals surface area contributed by atoms with E-state index < -0.39 is 0 Å². The maximum atomic E-state index is 11.8. The first-order chi connectivity index (χ1) is 9.31. The van der Waals surface area contributed by atoms with Gasteiger partial charge in [-0.1, -0.05) is 12.1 Å². The van der Waals surface area contributed by atoms with Crippen molar-refractivity contribution in [2.75, 3.05) is 43.1 Å². The summed E-state index contributed by atoms with van der Waals surface area (Å²) in [6.45, 7) is 2.98. The number of hydrogen-bond donors (Lipinski definition) is 2. The Kier molecular flexibility index (Phi) is 5.18. The second kappa shape index (κ2) is 7.11. The molecule has 1 fully saturated rings. The molecule has 5 nitrogen and oxygen atoms in total. The van der Waals surface area contributed by atoms with E-state index in [1.807, 2.05) is 24.3 Å². The lowest BCUT2D eigenvalue weighted by atomic mass is 10.2. The molecule has 0 saturated carbocycles. The Bertz CT molecular complexity index is 417. The Morgan fingerprint density at radius 2 is 2.05 bits per heavy atom. The first kappa shape index (κ1) is 13.8. The first-order valence-electron chi connectivity index (χ1n) is 6.73. The normalized spacial score (nSPS) is 14.7. The summed E-state index contributed by atoms with van der Waals surface area (Å²) in [7, 11) is 0. The van der Waals surface area contributed by atoms with Crippen LogP contribution in [0.5, 0.6) is 0 Å². The predicted octanol–water partition coefficient (Wildman–Crippen LogP) is 1.20. The summed E-state index contributed by atoms with van der Waals surface area (Å²) in [5.41, 5.74) is 7.25. The fourth-order valence-corrected chi connectivity index (χ4v) is 2.25. The number of ether oxygens (including phenoxy) is 1. The van der Waals surface area contributed by atoms with Crippen molar-refractivity contribution in [3.8, 4) is 0 Å². The summed E-state index contributed by atoms with van der Waals surface area (Å²) in [5.74, 6) is -0.139. The van der Waals surface area contributed by atoms with Gasteiger partial charge in [0.25, 0.3) is 0 Å². The van der Waals surface area contributed by atoms with E-state index in [0.717, 1.165) is 24.5 Å². The third-order valence-corrected chi connectivity index (χ3v) is 3.12. The van der Waals surface area contributed by atoms with Gasteiger partial charge in [0, 0.05) is 19.6 Å². The average molecular weight is 263 g/mol. The molecule has 1 aromatic carbocycles. The highest BCUT2D eigenvalue weighted by atomic mass is 16.5. The van der Waals surface area contributed by atoms with Crippen LogP contribution in [0.4, 0.5) is 11.4 Å². The molecule has 1 aliphatic rings. The van der Waals surface area contributed by atoms with E-state index in [4.69, 9.17) is 10.5 Å². The van der Waals surface area contributed by atoms with Crippen molar-refractivity contribution >= 4 is 17.3 Å². The van der Waals surface area contributed by atoms with Crippen molar-refractivity contribution in [1.82, 2.24) is 0 Å². The maximum absolute atomic E-state index is 11.8. The molecule has 0 aromatic heterocycles. The number of rotatable bonds is 6. The summed E-state index contributed by atoms with van der Waals surface area (Å²) < 4.78 is 5.13. The largest absolute Gasteiger partial charge is 0.370 e. The quantitative estimate of drug-likeness (QED) is 0.757. The maximum Gasteiger partial charge on any atom is 0.250 e. The van der Waals surface area contributed by atoms with Crippen molar-refractivity contribution in [1.29, 1.82) is 0 Å².